The third kappa shape index (κ3) is 6.07. The summed E-state index contributed by atoms with van der Waals surface area (Å²) in [5.74, 6) is 0. The van der Waals surface area contributed by atoms with Crippen molar-refractivity contribution in [3.05, 3.63) is 291 Å². The van der Waals surface area contributed by atoms with E-state index < -0.39 is 0 Å². The molecule has 0 radical (unpaired) electrons. The van der Waals surface area contributed by atoms with E-state index in [4.69, 9.17) is 0 Å². The first-order valence-corrected chi connectivity index (χ1v) is 28.9. The van der Waals surface area contributed by atoms with Crippen LogP contribution in [0.2, 0.25) is 0 Å². The molecule has 6 heterocycles. The largest absolute Gasteiger partial charge is 0.309 e. The fourth-order valence-electron chi connectivity index (χ4n) is 14.8. The smallest absolute Gasteiger partial charge is 0.0703 e. The predicted molar refractivity (Wildman–Crippen MR) is 352 cm³/mol. The first-order valence-electron chi connectivity index (χ1n) is 28.9. The number of rotatable bonds is 6. The summed E-state index contributed by atoms with van der Waals surface area (Å²) in [7, 11) is 0. The standard InChI is InChI=1S/C78H48N6/c1-3-21-49(22-4-1)79-63-31-13-9-27-55(63)61-47-51(39-43-69(61)79)81-67-35-17-11-29-59(67)75-73(81)45-41-57-53-25-7-15-33-65(53)83(77(57)75)71-37-19-20-38-72(71)84-66-34-16-8-26-54(66)58-42-46-74-76(78(58)84)60-30-12-18-36-68(60)82(74)52-40-44-70-62(48-52)56-28-10-14-32-64(56)80(70)50-23-5-2-6-24-50/h1-48H. The number of hydrogen-bond donors (Lipinski definition) is 0. The van der Waals surface area contributed by atoms with E-state index in [-0.39, 0.29) is 0 Å². The highest BCUT2D eigenvalue weighted by Crippen LogP contribution is 2.47. The van der Waals surface area contributed by atoms with Gasteiger partial charge in [0.15, 0.2) is 0 Å². The van der Waals surface area contributed by atoms with Gasteiger partial charge in [0.2, 0.25) is 0 Å². The van der Waals surface area contributed by atoms with Gasteiger partial charge in [-0.1, -0.05) is 170 Å². The molecule has 6 nitrogen and oxygen atoms in total. The predicted octanol–water partition coefficient (Wildman–Crippen LogP) is 20.3. The minimum atomic E-state index is 1.10. The van der Waals surface area contributed by atoms with Gasteiger partial charge in [-0.2, -0.15) is 0 Å². The molecule has 0 N–H and O–H groups in total. The third-order valence-corrected chi connectivity index (χ3v) is 18.2. The van der Waals surface area contributed by atoms with E-state index in [0.29, 0.717) is 0 Å². The lowest BCUT2D eigenvalue weighted by molar-refractivity contribution is 1.10. The summed E-state index contributed by atoms with van der Waals surface area (Å²) in [6.07, 6.45) is 0. The molecule has 6 aromatic heterocycles. The molecule has 19 aromatic rings. The topological polar surface area (TPSA) is 29.6 Å². The van der Waals surface area contributed by atoms with Crippen LogP contribution in [-0.2, 0) is 0 Å². The van der Waals surface area contributed by atoms with Crippen LogP contribution in [0.3, 0.4) is 0 Å². The molecule has 0 fully saturated rings. The van der Waals surface area contributed by atoms with E-state index in [1.165, 1.54) is 109 Å². The molecule has 0 saturated heterocycles. The molecule has 84 heavy (non-hydrogen) atoms. The molecule has 0 aliphatic heterocycles. The zero-order chi connectivity index (χ0) is 54.7. The van der Waals surface area contributed by atoms with Crippen molar-refractivity contribution in [3.63, 3.8) is 0 Å². The van der Waals surface area contributed by atoms with Crippen LogP contribution in [0.5, 0.6) is 0 Å². The molecule has 6 heteroatoms. The van der Waals surface area contributed by atoms with Crippen LogP contribution in [0.1, 0.15) is 0 Å². The minimum absolute atomic E-state index is 1.10. The van der Waals surface area contributed by atoms with Crippen LogP contribution in [0.25, 0.3) is 165 Å². The SMILES string of the molecule is c1ccc(-n2c3ccccc3c3cc(-n4c5ccccc5c5c4ccc4c6ccccc6n(-c6ccccc6-n6c7ccccc7c7ccc8c(c9ccccc9n8-c8ccc9c(c8)c8ccccc8n9-c8ccccc8)c76)c45)ccc32)cc1. The average molecular weight is 1070 g/mol. The molecule has 0 atom stereocenters. The molecular formula is C78H48N6. The summed E-state index contributed by atoms with van der Waals surface area (Å²) in [6.45, 7) is 0. The average Bonchev–Trinajstić information content (AvgIpc) is 2.26. The van der Waals surface area contributed by atoms with E-state index in [1.54, 1.807) is 0 Å². The summed E-state index contributed by atoms with van der Waals surface area (Å²) in [5, 5.41) is 14.6. The van der Waals surface area contributed by atoms with Gasteiger partial charge in [-0.15, -0.1) is 0 Å². The lowest BCUT2D eigenvalue weighted by atomic mass is 10.1. The maximum absolute atomic E-state index is 2.57. The fourth-order valence-corrected chi connectivity index (χ4v) is 14.8. The molecule has 19 rings (SSSR count). The van der Waals surface area contributed by atoms with E-state index in [2.05, 4.69) is 319 Å². The number of fused-ring (bicyclic) bond motifs is 20. The number of hydrogen-bond acceptors (Lipinski definition) is 0. The summed E-state index contributed by atoms with van der Waals surface area (Å²) in [6, 6.07) is 108. The van der Waals surface area contributed by atoms with Gasteiger partial charge in [-0.3, -0.25) is 0 Å². The second-order valence-electron chi connectivity index (χ2n) is 22.4. The number of benzene rings is 13. The first-order chi connectivity index (χ1) is 41.7. The quantitative estimate of drug-likeness (QED) is 0.159. The van der Waals surface area contributed by atoms with Crippen LogP contribution in [0.4, 0.5) is 0 Å². The van der Waals surface area contributed by atoms with Crippen LogP contribution in [0, 0.1) is 0 Å². The van der Waals surface area contributed by atoms with E-state index in [9.17, 15) is 0 Å². The van der Waals surface area contributed by atoms with Crippen LogP contribution >= 0.6 is 0 Å². The van der Waals surface area contributed by atoms with E-state index in [1.807, 2.05) is 0 Å². The number of nitrogens with zero attached hydrogens (tertiary/aromatic N) is 6. The van der Waals surface area contributed by atoms with Crippen molar-refractivity contribution in [2.75, 3.05) is 0 Å². The minimum Gasteiger partial charge on any atom is -0.309 e. The van der Waals surface area contributed by atoms with Crippen molar-refractivity contribution in [1.29, 1.82) is 0 Å². The Hall–Kier alpha value is -11.3. The molecule has 0 unspecified atom stereocenters. The third-order valence-electron chi connectivity index (χ3n) is 18.2. The van der Waals surface area contributed by atoms with Gasteiger partial charge >= 0.3 is 0 Å². The van der Waals surface area contributed by atoms with Crippen LogP contribution in [0.15, 0.2) is 291 Å². The van der Waals surface area contributed by atoms with Gasteiger partial charge in [-0.25, -0.2) is 0 Å². The second kappa shape index (κ2) is 17.1. The molecule has 0 aliphatic carbocycles. The molecule has 390 valence electrons. The highest BCUT2D eigenvalue weighted by Gasteiger charge is 2.27. The second-order valence-corrected chi connectivity index (χ2v) is 22.4. The molecule has 0 amide bonds. The summed E-state index contributed by atoms with van der Waals surface area (Å²) in [4.78, 5) is 0. The lowest BCUT2D eigenvalue weighted by Gasteiger charge is -2.17. The van der Waals surface area contributed by atoms with Crippen molar-refractivity contribution >= 4 is 131 Å². The van der Waals surface area contributed by atoms with E-state index >= 15 is 0 Å². The molecule has 0 saturated carbocycles. The number of aromatic nitrogens is 6. The Morgan fingerprint density at radius 1 is 0.155 bits per heavy atom. The van der Waals surface area contributed by atoms with Gasteiger partial charge < -0.3 is 27.4 Å². The Bertz CT molecular complexity index is 5610. The molecular weight excluding hydrogens is 1020 g/mol. The Balaban J connectivity index is 0.878. The van der Waals surface area contributed by atoms with Gasteiger partial charge in [0.1, 0.15) is 0 Å². The van der Waals surface area contributed by atoms with Crippen molar-refractivity contribution in [2.45, 2.75) is 0 Å². The van der Waals surface area contributed by atoms with Gasteiger partial charge in [0.25, 0.3) is 0 Å². The van der Waals surface area contributed by atoms with E-state index in [0.717, 1.165) is 56.2 Å². The Labute approximate surface area is 480 Å². The monoisotopic (exact) mass is 1070 g/mol. The van der Waals surface area contributed by atoms with Gasteiger partial charge in [0, 0.05) is 87.4 Å². The van der Waals surface area contributed by atoms with Crippen molar-refractivity contribution < 1.29 is 0 Å². The van der Waals surface area contributed by atoms with Crippen molar-refractivity contribution in [2.24, 2.45) is 0 Å². The lowest BCUT2D eigenvalue weighted by Crippen LogP contribution is -2.03. The fraction of sp³-hybridized carbons (Fsp3) is 0. The maximum Gasteiger partial charge on any atom is 0.0703 e. The van der Waals surface area contributed by atoms with Crippen molar-refractivity contribution in [1.82, 2.24) is 27.4 Å². The highest BCUT2D eigenvalue weighted by molar-refractivity contribution is 6.28. The highest BCUT2D eigenvalue weighted by atomic mass is 15.1. The molecule has 0 bridgehead atoms. The number of para-hydroxylation sites is 10. The van der Waals surface area contributed by atoms with Crippen LogP contribution in [-0.4, -0.2) is 27.4 Å². The van der Waals surface area contributed by atoms with Gasteiger partial charge in [-0.05, 0) is 121 Å². The first kappa shape index (κ1) is 45.4. The molecule has 0 spiro atoms. The Kier molecular flexibility index (Phi) is 9.24. The van der Waals surface area contributed by atoms with Crippen molar-refractivity contribution in [3.8, 4) is 34.1 Å². The zero-order valence-corrected chi connectivity index (χ0v) is 45.4. The summed E-state index contributed by atoms with van der Waals surface area (Å²) < 4.78 is 14.9. The summed E-state index contributed by atoms with van der Waals surface area (Å²) in [5.41, 5.74) is 20.8. The Morgan fingerprint density at radius 2 is 0.429 bits per heavy atom. The molecule has 0 aliphatic rings. The van der Waals surface area contributed by atoms with Gasteiger partial charge in [0.05, 0.1) is 77.6 Å². The Morgan fingerprint density at radius 3 is 0.821 bits per heavy atom. The summed E-state index contributed by atoms with van der Waals surface area (Å²) >= 11 is 0. The maximum atomic E-state index is 2.57. The molecule has 13 aromatic carbocycles. The zero-order valence-electron chi connectivity index (χ0n) is 45.4. The normalized spacial score (nSPS) is 12.3. The van der Waals surface area contributed by atoms with Crippen LogP contribution < -0.4 is 0 Å².